The minimum absolute atomic E-state index is 0.144. The van der Waals surface area contributed by atoms with Gasteiger partial charge in [-0.05, 0) is 25.3 Å². The second-order valence-electron chi connectivity index (χ2n) is 5.39. The molecule has 0 radical (unpaired) electrons. The van der Waals surface area contributed by atoms with Gasteiger partial charge < -0.3 is 10.3 Å². The summed E-state index contributed by atoms with van der Waals surface area (Å²) in [6.45, 7) is 6.92. The fourth-order valence-corrected chi connectivity index (χ4v) is 2.17. The first kappa shape index (κ1) is 13.7. The van der Waals surface area contributed by atoms with Crippen LogP contribution in [0.3, 0.4) is 0 Å². The van der Waals surface area contributed by atoms with Crippen molar-refractivity contribution in [2.24, 2.45) is 11.7 Å². The highest BCUT2D eigenvalue weighted by molar-refractivity contribution is 5.55. The molecule has 0 saturated heterocycles. The topological polar surface area (TPSA) is 64.9 Å². The van der Waals surface area contributed by atoms with Gasteiger partial charge >= 0.3 is 0 Å². The average Bonchev–Trinajstić information content (AvgIpc) is 2.85. The molecule has 0 aliphatic heterocycles. The highest BCUT2D eigenvalue weighted by atomic mass is 16.5. The van der Waals surface area contributed by atoms with E-state index >= 15 is 0 Å². The molecule has 1 unspecified atom stereocenters. The molecule has 0 spiro atoms. The third-order valence-corrected chi connectivity index (χ3v) is 3.11. The van der Waals surface area contributed by atoms with Crippen LogP contribution in [0.15, 0.2) is 28.8 Å². The number of rotatable bonds is 5. The molecule has 0 aliphatic rings. The first-order valence-corrected chi connectivity index (χ1v) is 6.71. The molecule has 2 aromatic rings. The van der Waals surface area contributed by atoms with Crippen LogP contribution in [0.25, 0.3) is 11.4 Å². The normalized spacial score (nSPS) is 12.9. The lowest BCUT2D eigenvalue weighted by molar-refractivity contribution is 0.335. The summed E-state index contributed by atoms with van der Waals surface area (Å²) in [7, 11) is 0. The van der Waals surface area contributed by atoms with Crippen molar-refractivity contribution in [1.29, 1.82) is 0 Å². The van der Waals surface area contributed by atoms with Crippen LogP contribution in [-0.2, 0) is 0 Å². The molecule has 0 amide bonds. The van der Waals surface area contributed by atoms with Gasteiger partial charge in [0.25, 0.3) is 0 Å². The quantitative estimate of drug-likeness (QED) is 0.896. The van der Waals surface area contributed by atoms with Crippen molar-refractivity contribution in [3.8, 4) is 11.4 Å². The maximum Gasteiger partial charge on any atom is 0.231 e. The SMILES string of the molecule is Cc1cccc(-c2noc(C(CN)CC(C)C)n2)c1. The van der Waals surface area contributed by atoms with Crippen molar-refractivity contribution >= 4 is 0 Å². The van der Waals surface area contributed by atoms with Gasteiger partial charge in [0.15, 0.2) is 0 Å². The fraction of sp³-hybridized carbons (Fsp3) is 0.467. The van der Waals surface area contributed by atoms with Crippen LogP contribution in [0, 0.1) is 12.8 Å². The van der Waals surface area contributed by atoms with Gasteiger partial charge in [-0.25, -0.2) is 0 Å². The Kier molecular flexibility index (Phi) is 4.32. The van der Waals surface area contributed by atoms with Crippen LogP contribution in [0.2, 0.25) is 0 Å². The third kappa shape index (κ3) is 3.41. The highest BCUT2D eigenvalue weighted by Crippen LogP contribution is 2.24. The Labute approximate surface area is 114 Å². The zero-order chi connectivity index (χ0) is 13.8. The Morgan fingerprint density at radius 3 is 2.74 bits per heavy atom. The average molecular weight is 259 g/mol. The van der Waals surface area contributed by atoms with Crippen molar-refractivity contribution in [3.63, 3.8) is 0 Å². The number of nitrogens with two attached hydrogens (primary N) is 1. The van der Waals surface area contributed by atoms with Crippen molar-refractivity contribution in [3.05, 3.63) is 35.7 Å². The largest absolute Gasteiger partial charge is 0.339 e. The second-order valence-corrected chi connectivity index (χ2v) is 5.39. The van der Waals surface area contributed by atoms with Crippen LogP contribution in [0.1, 0.15) is 37.6 Å². The van der Waals surface area contributed by atoms with E-state index in [0.29, 0.717) is 24.2 Å². The van der Waals surface area contributed by atoms with Gasteiger partial charge in [-0.3, -0.25) is 0 Å². The predicted molar refractivity (Wildman–Crippen MR) is 75.7 cm³/mol. The molecular weight excluding hydrogens is 238 g/mol. The molecule has 0 bridgehead atoms. The van der Waals surface area contributed by atoms with Crippen molar-refractivity contribution in [2.75, 3.05) is 6.54 Å². The fourth-order valence-electron chi connectivity index (χ4n) is 2.17. The molecule has 1 aromatic carbocycles. The molecule has 0 saturated carbocycles. The third-order valence-electron chi connectivity index (χ3n) is 3.11. The van der Waals surface area contributed by atoms with Gasteiger partial charge in [0.1, 0.15) is 0 Å². The maximum atomic E-state index is 5.80. The van der Waals surface area contributed by atoms with Crippen LogP contribution in [0.4, 0.5) is 0 Å². The Morgan fingerprint density at radius 2 is 2.11 bits per heavy atom. The molecule has 0 aliphatic carbocycles. The smallest absolute Gasteiger partial charge is 0.231 e. The monoisotopic (exact) mass is 259 g/mol. The Hall–Kier alpha value is -1.68. The van der Waals surface area contributed by atoms with Gasteiger partial charge in [-0.15, -0.1) is 0 Å². The standard InChI is InChI=1S/C15H21N3O/c1-10(2)7-13(9-16)15-17-14(18-19-15)12-6-4-5-11(3)8-12/h4-6,8,10,13H,7,9,16H2,1-3H3. The summed E-state index contributed by atoms with van der Waals surface area (Å²) in [5.41, 5.74) is 7.96. The van der Waals surface area contributed by atoms with Crippen molar-refractivity contribution in [1.82, 2.24) is 10.1 Å². The molecule has 4 nitrogen and oxygen atoms in total. The molecule has 102 valence electrons. The van der Waals surface area contributed by atoms with Gasteiger partial charge in [0.05, 0.1) is 5.92 Å². The Morgan fingerprint density at radius 1 is 1.32 bits per heavy atom. The van der Waals surface area contributed by atoms with E-state index in [1.165, 1.54) is 5.56 Å². The van der Waals surface area contributed by atoms with E-state index in [0.717, 1.165) is 12.0 Å². The Balaban J connectivity index is 2.23. The molecule has 1 atom stereocenters. The molecule has 0 fully saturated rings. The zero-order valence-electron chi connectivity index (χ0n) is 11.8. The lowest BCUT2D eigenvalue weighted by Gasteiger charge is -2.11. The molecular formula is C15H21N3O. The highest BCUT2D eigenvalue weighted by Gasteiger charge is 2.19. The minimum atomic E-state index is 0.144. The molecule has 2 rings (SSSR count). The number of aromatic nitrogens is 2. The van der Waals surface area contributed by atoms with Crippen LogP contribution in [0.5, 0.6) is 0 Å². The van der Waals surface area contributed by atoms with Crippen molar-refractivity contribution in [2.45, 2.75) is 33.1 Å². The van der Waals surface area contributed by atoms with E-state index in [1.54, 1.807) is 0 Å². The number of aryl methyl sites for hydroxylation is 1. The van der Waals surface area contributed by atoms with Crippen molar-refractivity contribution < 1.29 is 4.52 Å². The van der Waals surface area contributed by atoms with E-state index in [-0.39, 0.29) is 5.92 Å². The first-order valence-electron chi connectivity index (χ1n) is 6.71. The maximum absolute atomic E-state index is 5.80. The molecule has 19 heavy (non-hydrogen) atoms. The number of hydrogen-bond donors (Lipinski definition) is 1. The molecule has 4 heteroatoms. The number of benzene rings is 1. The van der Waals surface area contributed by atoms with Crippen LogP contribution >= 0.6 is 0 Å². The lowest BCUT2D eigenvalue weighted by atomic mass is 9.97. The molecule has 2 N–H and O–H groups in total. The summed E-state index contributed by atoms with van der Waals surface area (Å²) in [6.07, 6.45) is 0.964. The van der Waals surface area contributed by atoms with E-state index < -0.39 is 0 Å². The number of nitrogens with zero attached hydrogens (tertiary/aromatic N) is 2. The Bertz CT molecular complexity index is 534. The molecule has 1 aromatic heterocycles. The van der Waals surface area contributed by atoms with E-state index in [1.807, 2.05) is 25.1 Å². The summed E-state index contributed by atoms with van der Waals surface area (Å²) >= 11 is 0. The summed E-state index contributed by atoms with van der Waals surface area (Å²) in [6, 6.07) is 8.08. The minimum Gasteiger partial charge on any atom is -0.339 e. The van der Waals surface area contributed by atoms with E-state index in [4.69, 9.17) is 10.3 Å². The van der Waals surface area contributed by atoms with Crippen LogP contribution in [-0.4, -0.2) is 16.7 Å². The summed E-state index contributed by atoms with van der Waals surface area (Å²) in [4.78, 5) is 4.49. The summed E-state index contributed by atoms with van der Waals surface area (Å²) in [5.74, 6) is 1.99. The number of hydrogen-bond acceptors (Lipinski definition) is 4. The van der Waals surface area contributed by atoms with Gasteiger partial charge in [-0.1, -0.05) is 42.8 Å². The summed E-state index contributed by atoms with van der Waals surface area (Å²) in [5, 5.41) is 4.06. The zero-order valence-corrected chi connectivity index (χ0v) is 11.8. The first-order chi connectivity index (χ1) is 9.10. The second kappa shape index (κ2) is 5.97. The van der Waals surface area contributed by atoms with Gasteiger partial charge in [0, 0.05) is 12.1 Å². The van der Waals surface area contributed by atoms with Gasteiger partial charge in [0.2, 0.25) is 11.7 Å². The molecule has 1 heterocycles. The lowest BCUT2D eigenvalue weighted by Crippen LogP contribution is -2.15. The van der Waals surface area contributed by atoms with E-state index in [9.17, 15) is 0 Å². The van der Waals surface area contributed by atoms with Gasteiger partial charge in [-0.2, -0.15) is 4.98 Å². The predicted octanol–water partition coefficient (Wildman–Crippen LogP) is 3.13. The summed E-state index contributed by atoms with van der Waals surface area (Å²) < 4.78 is 5.37. The van der Waals surface area contributed by atoms with E-state index in [2.05, 4.69) is 30.1 Å². The van der Waals surface area contributed by atoms with Crippen LogP contribution < -0.4 is 5.73 Å².